The number of phenolic OH excluding ortho intramolecular Hbond substituents is 1. The van der Waals surface area contributed by atoms with E-state index in [1.807, 2.05) is 6.07 Å². The van der Waals surface area contributed by atoms with Gasteiger partial charge in [-0.2, -0.15) is 0 Å². The number of nitrogens with one attached hydrogen (secondary N) is 1. The largest absolute Gasteiger partial charge is 0.504 e. The van der Waals surface area contributed by atoms with Gasteiger partial charge < -0.3 is 20.1 Å². The van der Waals surface area contributed by atoms with E-state index in [1.54, 1.807) is 19.2 Å². The number of guanidine groups is 1. The Labute approximate surface area is 142 Å². The van der Waals surface area contributed by atoms with Crippen LogP contribution in [0.25, 0.3) is 0 Å². The van der Waals surface area contributed by atoms with E-state index in [0.717, 1.165) is 31.0 Å². The van der Waals surface area contributed by atoms with Crippen LogP contribution in [0.3, 0.4) is 0 Å². The van der Waals surface area contributed by atoms with Gasteiger partial charge in [-0.1, -0.05) is 24.3 Å². The zero-order valence-corrected chi connectivity index (χ0v) is 14.1. The van der Waals surface area contributed by atoms with E-state index in [9.17, 15) is 5.11 Å². The van der Waals surface area contributed by atoms with Crippen LogP contribution in [0.4, 0.5) is 5.69 Å². The Bertz CT molecular complexity index is 743. The van der Waals surface area contributed by atoms with Gasteiger partial charge in [-0.25, -0.2) is 4.99 Å². The van der Waals surface area contributed by atoms with Crippen LogP contribution < -0.4 is 15.0 Å². The molecule has 24 heavy (non-hydrogen) atoms. The summed E-state index contributed by atoms with van der Waals surface area (Å²) in [7, 11) is 1.54. The van der Waals surface area contributed by atoms with E-state index < -0.39 is 0 Å². The van der Waals surface area contributed by atoms with E-state index in [1.165, 1.54) is 11.3 Å². The van der Waals surface area contributed by atoms with E-state index in [-0.39, 0.29) is 5.75 Å². The summed E-state index contributed by atoms with van der Waals surface area (Å²) >= 11 is 0. The maximum atomic E-state index is 9.90. The number of hydrogen-bond donors (Lipinski definition) is 2. The molecule has 2 aromatic rings. The number of methoxy groups -OCH3 is 1. The third-order valence-electron chi connectivity index (χ3n) is 4.13. The average molecular weight is 325 g/mol. The highest BCUT2D eigenvalue weighted by molar-refractivity contribution is 5.97. The first-order valence-electron chi connectivity index (χ1n) is 8.22. The lowest BCUT2D eigenvalue weighted by Crippen LogP contribution is -2.40. The van der Waals surface area contributed by atoms with Crippen molar-refractivity contribution in [1.82, 2.24) is 5.32 Å². The van der Waals surface area contributed by atoms with E-state index in [0.29, 0.717) is 12.3 Å². The smallest absolute Gasteiger partial charge is 0.198 e. The Morgan fingerprint density at radius 1 is 1.29 bits per heavy atom. The Balaban J connectivity index is 1.81. The van der Waals surface area contributed by atoms with Crippen molar-refractivity contribution in [3.8, 4) is 11.5 Å². The second-order valence-corrected chi connectivity index (χ2v) is 5.71. The summed E-state index contributed by atoms with van der Waals surface area (Å²) in [5.74, 6) is 1.49. The molecule has 126 valence electrons. The highest BCUT2D eigenvalue weighted by Crippen LogP contribution is 2.28. The summed E-state index contributed by atoms with van der Waals surface area (Å²) < 4.78 is 5.08. The van der Waals surface area contributed by atoms with Crippen molar-refractivity contribution in [2.45, 2.75) is 19.9 Å². The molecule has 1 aliphatic heterocycles. The predicted octanol–water partition coefficient (Wildman–Crippen LogP) is 2.93. The number of aliphatic imine (C=N–C) groups is 1. The van der Waals surface area contributed by atoms with Gasteiger partial charge in [0.2, 0.25) is 0 Å². The van der Waals surface area contributed by atoms with Gasteiger partial charge in [-0.05, 0) is 42.7 Å². The van der Waals surface area contributed by atoms with Crippen molar-refractivity contribution in [1.29, 1.82) is 0 Å². The van der Waals surface area contributed by atoms with Crippen molar-refractivity contribution in [2.24, 2.45) is 4.99 Å². The minimum Gasteiger partial charge on any atom is -0.504 e. The molecule has 2 aromatic carbocycles. The normalized spacial score (nSPS) is 13.8. The van der Waals surface area contributed by atoms with Crippen LogP contribution in [0.2, 0.25) is 0 Å². The fraction of sp³-hybridized carbons (Fsp3) is 0.316. The number of hydrogen-bond acceptors (Lipinski definition) is 3. The number of nitrogens with zero attached hydrogens (tertiary/aromatic N) is 2. The molecular formula is C19H23N3O2. The molecule has 0 radical (unpaired) electrons. The Hall–Kier alpha value is -2.69. The minimum atomic E-state index is 0.140. The molecule has 0 aliphatic carbocycles. The lowest BCUT2D eigenvalue weighted by atomic mass is 10.2. The van der Waals surface area contributed by atoms with Crippen LogP contribution in [-0.4, -0.2) is 31.3 Å². The van der Waals surface area contributed by atoms with Crippen LogP contribution >= 0.6 is 0 Å². The highest BCUT2D eigenvalue weighted by Gasteiger charge is 2.22. The monoisotopic (exact) mass is 325 g/mol. The summed E-state index contributed by atoms with van der Waals surface area (Å²) in [6.07, 6.45) is 1.03. The molecule has 2 N–H and O–H groups in total. The van der Waals surface area contributed by atoms with Crippen molar-refractivity contribution in [2.75, 3.05) is 25.1 Å². The molecule has 0 fully saturated rings. The summed E-state index contributed by atoms with van der Waals surface area (Å²) in [6, 6.07) is 13.8. The van der Waals surface area contributed by atoms with Crippen LogP contribution in [0.15, 0.2) is 47.5 Å². The van der Waals surface area contributed by atoms with Crippen molar-refractivity contribution in [3.63, 3.8) is 0 Å². The number of ether oxygens (including phenoxy) is 1. The van der Waals surface area contributed by atoms with Crippen molar-refractivity contribution < 1.29 is 9.84 Å². The second-order valence-electron chi connectivity index (χ2n) is 5.71. The lowest BCUT2D eigenvalue weighted by Gasteiger charge is -2.22. The molecule has 0 aromatic heterocycles. The molecule has 3 rings (SSSR count). The molecule has 0 unspecified atom stereocenters. The topological polar surface area (TPSA) is 57.1 Å². The maximum absolute atomic E-state index is 9.90. The van der Waals surface area contributed by atoms with Crippen LogP contribution in [0, 0.1) is 0 Å². The summed E-state index contributed by atoms with van der Waals surface area (Å²) in [4.78, 5) is 6.97. The van der Waals surface area contributed by atoms with Crippen molar-refractivity contribution in [3.05, 3.63) is 53.6 Å². The first kappa shape index (κ1) is 16.2. The zero-order valence-electron chi connectivity index (χ0n) is 14.1. The van der Waals surface area contributed by atoms with Crippen LogP contribution in [0.1, 0.15) is 18.1 Å². The molecule has 5 heteroatoms. The number of fused-ring (bicyclic) bond motifs is 1. The molecule has 5 nitrogen and oxygen atoms in total. The third-order valence-corrected chi connectivity index (χ3v) is 4.13. The summed E-state index contributed by atoms with van der Waals surface area (Å²) in [6.45, 7) is 4.31. The first-order valence-corrected chi connectivity index (χ1v) is 8.22. The van der Waals surface area contributed by atoms with Gasteiger partial charge in [-0.15, -0.1) is 0 Å². The average Bonchev–Trinajstić information content (AvgIpc) is 3.03. The third kappa shape index (κ3) is 3.30. The predicted molar refractivity (Wildman–Crippen MR) is 97.0 cm³/mol. The van der Waals surface area contributed by atoms with Crippen LogP contribution in [0.5, 0.6) is 11.5 Å². The van der Waals surface area contributed by atoms with E-state index in [4.69, 9.17) is 9.73 Å². The summed E-state index contributed by atoms with van der Waals surface area (Å²) in [5, 5.41) is 13.3. The zero-order chi connectivity index (χ0) is 16.9. The SMILES string of the molecule is CCNC(=NCc1ccc(OC)c(O)c1)N1CCc2ccccc21. The van der Waals surface area contributed by atoms with Gasteiger partial charge >= 0.3 is 0 Å². The molecule has 1 heterocycles. The maximum Gasteiger partial charge on any atom is 0.198 e. The molecule has 0 saturated carbocycles. The number of aromatic hydroxyl groups is 1. The second kappa shape index (κ2) is 7.25. The fourth-order valence-corrected chi connectivity index (χ4v) is 2.95. The number of anilines is 1. The minimum absolute atomic E-state index is 0.140. The lowest BCUT2D eigenvalue weighted by molar-refractivity contribution is 0.373. The quantitative estimate of drug-likeness (QED) is 0.670. The molecule has 0 bridgehead atoms. The molecule has 0 atom stereocenters. The van der Waals surface area contributed by atoms with Crippen LogP contribution in [-0.2, 0) is 13.0 Å². The van der Waals surface area contributed by atoms with Crippen molar-refractivity contribution >= 4 is 11.6 Å². The van der Waals surface area contributed by atoms with E-state index in [2.05, 4.69) is 41.4 Å². The number of phenols is 1. The Morgan fingerprint density at radius 2 is 2.12 bits per heavy atom. The van der Waals surface area contributed by atoms with Gasteiger partial charge in [0.05, 0.1) is 13.7 Å². The van der Waals surface area contributed by atoms with Gasteiger partial charge in [0.25, 0.3) is 0 Å². The highest BCUT2D eigenvalue weighted by atomic mass is 16.5. The van der Waals surface area contributed by atoms with Gasteiger partial charge in [0, 0.05) is 18.8 Å². The molecule has 0 spiro atoms. The number of para-hydroxylation sites is 1. The number of benzene rings is 2. The Morgan fingerprint density at radius 3 is 2.88 bits per heavy atom. The Kier molecular flexibility index (Phi) is 4.89. The van der Waals surface area contributed by atoms with E-state index >= 15 is 0 Å². The summed E-state index contributed by atoms with van der Waals surface area (Å²) in [5.41, 5.74) is 3.51. The van der Waals surface area contributed by atoms with Gasteiger partial charge in [0.15, 0.2) is 17.5 Å². The van der Waals surface area contributed by atoms with Gasteiger partial charge in [0.1, 0.15) is 0 Å². The first-order chi connectivity index (χ1) is 11.7. The molecule has 0 saturated heterocycles. The molecular weight excluding hydrogens is 302 g/mol. The molecule has 1 aliphatic rings. The number of rotatable bonds is 4. The van der Waals surface area contributed by atoms with Gasteiger partial charge in [-0.3, -0.25) is 0 Å². The molecule has 0 amide bonds. The standard InChI is InChI=1S/C19H23N3O2/c1-3-20-19(22-11-10-15-6-4-5-7-16(15)22)21-13-14-8-9-18(24-2)17(23)12-14/h4-9,12,23H,3,10-11,13H2,1-2H3,(H,20,21). The fourth-order valence-electron chi connectivity index (χ4n) is 2.95.